The number of cyclic esters (lactones) is 1. The van der Waals surface area contributed by atoms with E-state index in [0.717, 1.165) is 18.4 Å². The minimum absolute atomic E-state index is 0.0592. The molecule has 4 heterocycles. The summed E-state index contributed by atoms with van der Waals surface area (Å²) in [4.78, 5) is 45.1. The number of aliphatic hydroxyl groups excluding tert-OH is 1. The van der Waals surface area contributed by atoms with Crippen LogP contribution in [0.5, 0.6) is 0 Å². The van der Waals surface area contributed by atoms with E-state index < -0.39 is 28.7 Å². The molecular weight excluding hydrogens is 464 g/mol. The van der Waals surface area contributed by atoms with Crippen molar-refractivity contribution >= 4 is 29.5 Å². The Hall–Kier alpha value is -2.58. The maximum atomic E-state index is 14.3. The molecular formula is C27H32N2O5S. The van der Waals surface area contributed by atoms with Gasteiger partial charge in [-0.2, -0.15) is 0 Å². The Bertz CT molecular complexity index is 1060. The van der Waals surface area contributed by atoms with Crippen LogP contribution in [0.15, 0.2) is 54.6 Å². The highest BCUT2D eigenvalue weighted by Crippen LogP contribution is 2.62. The summed E-state index contributed by atoms with van der Waals surface area (Å²) >= 11 is 1.53. The Balaban J connectivity index is 1.67. The quantitative estimate of drug-likeness (QED) is 0.510. The van der Waals surface area contributed by atoms with Crippen LogP contribution in [0, 0.1) is 11.8 Å². The predicted octanol–water partition coefficient (Wildman–Crippen LogP) is 2.72. The van der Waals surface area contributed by atoms with Gasteiger partial charge in [0.05, 0.1) is 35.8 Å². The van der Waals surface area contributed by atoms with Crippen molar-refractivity contribution in [1.82, 2.24) is 9.80 Å². The Labute approximate surface area is 210 Å². The summed E-state index contributed by atoms with van der Waals surface area (Å²) in [5, 5.41) is 10.2. The monoisotopic (exact) mass is 496 g/mol. The molecule has 4 aliphatic heterocycles. The number of likely N-dealkylation sites (tertiary alicyclic amines) is 1. The van der Waals surface area contributed by atoms with Gasteiger partial charge in [0.25, 0.3) is 0 Å². The lowest BCUT2D eigenvalue weighted by molar-refractivity contribution is -0.153. The summed E-state index contributed by atoms with van der Waals surface area (Å²) < 4.78 is 4.68. The largest absolute Gasteiger partial charge is 0.465 e. The number of fused-ring (bicyclic) bond motifs is 2. The molecule has 35 heavy (non-hydrogen) atoms. The molecule has 4 aliphatic rings. The average Bonchev–Trinajstić information content (AvgIpc) is 3.25. The predicted molar refractivity (Wildman–Crippen MR) is 133 cm³/mol. The van der Waals surface area contributed by atoms with Crippen LogP contribution in [-0.2, 0) is 19.1 Å². The first-order valence-electron chi connectivity index (χ1n) is 12.4. The van der Waals surface area contributed by atoms with Gasteiger partial charge in [0.2, 0.25) is 11.8 Å². The number of thioether (sulfide) groups is 1. The first kappa shape index (κ1) is 24.1. The molecule has 1 aromatic rings. The van der Waals surface area contributed by atoms with Crippen molar-refractivity contribution in [3.8, 4) is 0 Å². The molecule has 6 atom stereocenters. The molecule has 5 rings (SSSR count). The number of hydrogen-bond acceptors (Lipinski definition) is 6. The van der Waals surface area contributed by atoms with Crippen molar-refractivity contribution in [2.45, 2.75) is 54.8 Å². The van der Waals surface area contributed by atoms with Crippen LogP contribution in [0.3, 0.4) is 0 Å². The number of esters is 1. The fourth-order valence-corrected chi connectivity index (χ4v) is 8.03. The van der Waals surface area contributed by atoms with Gasteiger partial charge in [-0.25, -0.2) is 0 Å². The summed E-state index contributed by atoms with van der Waals surface area (Å²) in [5.41, 5.74) is 0.758. The maximum absolute atomic E-state index is 14.3. The Kier molecular flexibility index (Phi) is 6.53. The smallest absolute Gasteiger partial charge is 0.311 e. The van der Waals surface area contributed by atoms with Gasteiger partial charge in [-0.05, 0) is 32.3 Å². The van der Waals surface area contributed by atoms with Gasteiger partial charge in [0.1, 0.15) is 6.04 Å². The molecule has 1 spiro atoms. The van der Waals surface area contributed by atoms with Gasteiger partial charge in [-0.3, -0.25) is 14.4 Å². The highest BCUT2D eigenvalue weighted by atomic mass is 32.2. The number of nitrogens with zero attached hydrogens (tertiary/aromatic N) is 2. The van der Waals surface area contributed by atoms with E-state index in [4.69, 9.17) is 4.74 Å². The van der Waals surface area contributed by atoms with Crippen molar-refractivity contribution in [2.75, 3.05) is 19.8 Å². The van der Waals surface area contributed by atoms with Gasteiger partial charge in [0.15, 0.2) is 0 Å². The third-order valence-electron chi connectivity index (χ3n) is 7.64. The van der Waals surface area contributed by atoms with Crippen molar-refractivity contribution in [1.29, 1.82) is 0 Å². The molecule has 0 aliphatic carbocycles. The summed E-state index contributed by atoms with van der Waals surface area (Å²) in [6, 6.07) is 7.72. The zero-order chi connectivity index (χ0) is 24.7. The summed E-state index contributed by atoms with van der Waals surface area (Å²) in [7, 11) is 0. The SMILES string of the molecule is CC(C)N1CC=C[C@]23S[C@H]4/C=C\CCCOC(=O)[C@H]4[C@H]2C(=O)N([C@H](CO)c2ccccc2)C3C1=O. The van der Waals surface area contributed by atoms with E-state index in [9.17, 15) is 19.5 Å². The van der Waals surface area contributed by atoms with E-state index in [0.29, 0.717) is 13.2 Å². The van der Waals surface area contributed by atoms with E-state index in [2.05, 4.69) is 6.08 Å². The summed E-state index contributed by atoms with van der Waals surface area (Å²) in [6.07, 6.45) is 9.58. The minimum Gasteiger partial charge on any atom is -0.465 e. The van der Waals surface area contributed by atoms with E-state index in [1.165, 1.54) is 11.8 Å². The number of rotatable bonds is 4. The third-order valence-corrected chi connectivity index (χ3v) is 9.38. The molecule has 2 amide bonds. The second-order valence-corrected chi connectivity index (χ2v) is 11.4. The number of aliphatic hydroxyl groups is 1. The Morgan fingerprint density at radius 1 is 1.14 bits per heavy atom. The molecule has 1 unspecified atom stereocenters. The lowest BCUT2D eigenvalue weighted by Crippen LogP contribution is -2.55. The Morgan fingerprint density at radius 3 is 2.63 bits per heavy atom. The molecule has 1 aromatic carbocycles. The first-order chi connectivity index (χ1) is 16.9. The maximum Gasteiger partial charge on any atom is 0.311 e. The number of hydrogen-bond donors (Lipinski definition) is 1. The van der Waals surface area contributed by atoms with Crippen molar-refractivity contribution in [2.24, 2.45) is 11.8 Å². The normalized spacial score (nSPS) is 34.3. The van der Waals surface area contributed by atoms with Gasteiger partial charge < -0.3 is 19.6 Å². The minimum atomic E-state index is -0.919. The lowest BCUT2D eigenvalue weighted by Gasteiger charge is -2.39. The molecule has 0 saturated carbocycles. The fourth-order valence-electron chi connectivity index (χ4n) is 6.04. The van der Waals surface area contributed by atoms with E-state index in [-0.39, 0.29) is 35.7 Å². The van der Waals surface area contributed by atoms with Gasteiger partial charge in [0, 0.05) is 17.8 Å². The molecule has 7 nitrogen and oxygen atoms in total. The third kappa shape index (κ3) is 3.82. The first-order valence-corrected chi connectivity index (χ1v) is 13.3. The van der Waals surface area contributed by atoms with E-state index in [1.54, 1.807) is 9.80 Å². The van der Waals surface area contributed by atoms with Crippen molar-refractivity contribution < 1.29 is 24.2 Å². The standard InChI is InChI=1S/C27H32N2O5S/c1-17(2)28-14-9-13-27-22(21-20(35-27)12-7-4-8-15-34-26(21)33)24(31)29(23(27)25(28)32)19(16-30)18-10-5-3-6-11-18/h3,5-7,9-13,17,19-23,30H,4,8,14-16H2,1-2H3/b12-7-/t19-,20+,21-,22+,23?,27+/m1/s1. The molecule has 0 radical (unpaired) electrons. The number of ether oxygens (including phenoxy) is 1. The van der Waals surface area contributed by atoms with Crippen LogP contribution < -0.4 is 0 Å². The van der Waals surface area contributed by atoms with Crippen LogP contribution >= 0.6 is 11.8 Å². The summed E-state index contributed by atoms with van der Waals surface area (Å²) in [5.74, 6) is -2.23. The van der Waals surface area contributed by atoms with Crippen molar-refractivity contribution in [3.05, 3.63) is 60.2 Å². The molecule has 2 saturated heterocycles. The number of carbonyl (C=O) groups is 3. The topological polar surface area (TPSA) is 87.2 Å². The molecule has 8 heteroatoms. The zero-order valence-corrected chi connectivity index (χ0v) is 20.9. The zero-order valence-electron chi connectivity index (χ0n) is 20.1. The van der Waals surface area contributed by atoms with Crippen LogP contribution in [0.2, 0.25) is 0 Å². The highest BCUT2D eigenvalue weighted by Gasteiger charge is 2.71. The summed E-state index contributed by atoms with van der Waals surface area (Å²) in [6.45, 7) is 4.36. The van der Waals surface area contributed by atoms with Gasteiger partial charge >= 0.3 is 5.97 Å². The van der Waals surface area contributed by atoms with Crippen molar-refractivity contribution in [3.63, 3.8) is 0 Å². The second-order valence-electron chi connectivity index (χ2n) is 9.92. The van der Waals surface area contributed by atoms with E-state index >= 15 is 0 Å². The number of benzene rings is 1. The highest BCUT2D eigenvalue weighted by molar-refractivity contribution is 8.02. The van der Waals surface area contributed by atoms with Crippen LogP contribution in [0.1, 0.15) is 38.3 Å². The van der Waals surface area contributed by atoms with Gasteiger partial charge in [-0.1, -0.05) is 54.6 Å². The molecule has 2 fully saturated rings. The number of amides is 2. The second kappa shape index (κ2) is 9.47. The number of carbonyl (C=O) groups excluding carboxylic acids is 3. The molecule has 0 bridgehead atoms. The molecule has 0 aromatic heterocycles. The van der Waals surface area contributed by atoms with Crippen LogP contribution in [0.4, 0.5) is 0 Å². The number of allylic oxidation sites excluding steroid dienone is 1. The molecule has 1 N–H and O–H groups in total. The van der Waals surface area contributed by atoms with Gasteiger partial charge in [-0.15, -0.1) is 11.8 Å². The molecule has 186 valence electrons. The lowest BCUT2D eigenvalue weighted by atomic mass is 9.78. The fraction of sp³-hybridized carbons (Fsp3) is 0.519. The Morgan fingerprint density at radius 2 is 1.91 bits per heavy atom. The average molecular weight is 497 g/mol. The van der Waals surface area contributed by atoms with Crippen LogP contribution in [-0.4, -0.2) is 74.5 Å². The van der Waals surface area contributed by atoms with Crippen LogP contribution in [0.25, 0.3) is 0 Å². The van der Waals surface area contributed by atoms with E-state index in [1.807, 2.05) is 62.4 Å².